The molecule has 234 valence electrons. The fourth-order valence-corrected chi connectivity index (χ4v) is 4.90. The van der Waals surface area contributed by atoms with Crippen LogP contribution in [-0.2, 0) is 12.7 Å². The second-order valence-electron chi connectivity index (χ2n) is 10.3. The van der Waals surface area contributed by atoms with Crippen LogP contribution in [-0.4, -0.2) is 48.9 Å². The third kappa shape index (κ3) is 7.99. The molecule has 0 spiro atoms. The average molecular weight is 624 g/mol. The van der Waals surface area contributed by atoms with Crippen LogP contribution in [0.15, 0.2) is 89.5 Å². The molecule has 4 aromatic rings. The Kier molecular flexibility index (Phi) is 9.36. The van der Waals surface area contributed by atoms with Crippen LogP contribution in [0.2, 0.25) is 0 Å². The highest BCUT2D eigenvalue weighted by atomic mass is 19.4. The molecule has 1 aliphatic rings. The minimum Gasteiger partial charge on any atom is -0.459 e. The van der Waals surface area contributed by atoms with Gasteiger partial charge in [-0.05, 0) is 78.7 Å². The highest BCUT2D eigenvalue weighted by Gasteiger charge is 2.30. The molecule has 0 unspecified atom stereocenters. The molecule has 13 heteroatoms. The summed E-state index contributed by atoms with van der Waals surface area (Å²) >= 11 is 0. The number of nitrogens with one attached hydrogen (secondary N) is 3. The summed E-state index contributed by atoms with van der Waals surface area (Å²) < 4.78 is 57.2. The number of hydrogen-bond acceptors (Lipinski definition) is 5. The number of hydrogen-bond donors (Lipinski definition) is 3. The van der Waals surface area contributed by atoms with Crippen molar-refractivity contribution in [2.75, 3.05) is 41.7 Å². The molecule has 0 radical (unpaired) electrons. The van der Waals surface area contributed by atoms with Crippen LogP contribution in [0.1, 0.15) is 38.5 Å². The first-order valence-corrected chi connectivity index (χ1v) is 14.1. The van der Waals surface area contributed by atoms with E-state index in [1.54, 1.807) is 41.3 Å². The first kappa shape index (κ1) is 31.1. The first-order valence-electron chi connectivity index (χ1n) is 14.1. The number of amides is 4. The maximum Gasteiger partial charge on any atom is 0.416 e. The van der Waals surface area contributed by atoms with E-state index in [1.807, 2.05) is 4.90 Å². The van der Waals surface area contributed by atoms with E-state index in [4.69, 9.17) is 4.42 Å². The van der Waals surface area contributed by atoms with E-state index < -0.39 is 29.5 Å². The fraction of sp³-hybridized carbons (Fsp3) is 0.219. The lowest BCUT2D eigenvalue weighted by Crippen LogP contribution is -2.35. The molecular weight excluding hydrogens is 594 g/mol. The van der Waals surface area contributed by atoms with Crippen LogP contribution in [0.5, 0.6) is 0 Å². The largest absolute Gasteiger partial charge is 0.459 e. The molecule has 3 aromatic carbocycles. The summed E-state index contributed by atoms with van der Waals surface area (Å²) in [6.07, 6.45) is -2.44. The Hall–Kier alpha value is -5.33. The summed E-state index contributed by atoms with van der Waals surface area (Å²) in [5.74, 6) is -0.831. The standard InChI is InChI=1S/C32H29F4N5O4/c33-23-8-4-21(5-9-23)20-37-29(42)26-19-25(39-31(44)38-24-10-6-22(7-11-24)32(34,35)36)12-13-27(26)40-14-2-15-41(17-16-40)30(43)28-3-1-18-45-28/h1,3-13,18-19H,2,14-17,20H2,(H,37,42)(H2,38,39,44). The number of benzene rings is 3. The molecule has 45 heavy (non-hydrogen) atoms. The quantitative estimate of drug-likeness (QED) is 0.208. The number of carbonyl (C=O) groups excluding carboxylic acids is 3. The lowest BCUT2D eigenvalue weighted by atomic mass is 10.1. The fourth-order valence-electron chi connectivity index (χ4n) is 4.90. The minimum absolute atomic E-state index is 0.121. The van der Waals surface area contributed by atoms with Crippen LogP contribution in [0.25, 0.3) is 0 Å². The Morgan fingerprint density at radius 2 is 1.53 bits per heavy atom. The van der Waals surface area contributed by atoms with Crippen molar-refractivity contribution < 1.29 is 36.4 Å². The van der Waals surface area contributed by atoms with E-state index in [2.05, 4.69) is 16.0 Å². The molecule has 0 atom stereocenters. The van der Waals surface area contributed by atoms with Gasteiger partial charge in [0.25, 0.3) is 11.8 Å². The Morgan fingerprint density at radius 1 is 0.822 bits per heavy atom. The third-order valence-corrected chi connectivity index (χ3v) is 7.19. The van der Waals surface area contributed by atoms with Gasteiger partial charge in [-0.3, -0.25) is 9.59 Å². The molecular formula is C32H29F4N5O4. The molecule has 1 aliphatic heterocycles. The lowest BCUT2D eigenvalue weighted by molar-refractivity contribution is -0.137. The molecule has 0 bridgehead atoms. The monoisotopic (exact) mass is 623 g/mol. The highest BCUT2D eigenvalue weighted by Crippen LogP contribution is 2.30. The SMILES string of the molecule is O=C(Nc1ccc(C(F)(F)F)cc1)Nc1ccc(N2CCCN(C(=O)c3ccco3)CC2)c(C(=O)NCc2ccc(F)cc2)c1. The number of nitrogens with zero attached hydrogens (tertiary/aromatic N) is 2. The summed E-state index contributed by atoms with van der Waals surface area (Å²) in [5.41, 5.74) is 1.07. The van der Waals surface area contributed by atoms with Gasteiger partial charge in [0.1, 0.15) is 5.82 Å². The molecule has 0 aliphatic carbocycles. The summed E-state index contributed by atoms with van der Waals surface area (Å²) in [7, 11) is 0. The Bertz CT molecular complexity index is 1640. The van der Waals surface area contributed by atoms with Crippen molar-refractivity contribution in [1.82, 2.24) is 10.2 Å². The molecule has 9 nitrogen and oxygen atoms in total. The topological polar surface area (TPSA) is 107 Å². The molecule has 2 heterocycles. The van der Waals surface area contributed by atoms with Gasteiger partial charge in [0, 0.05) is 49.8 Å². The average Bonchev–Trinajstić information content (AvgIpc) is 3.45. The van der Waals surface area contributed by atoms with E-state index >= 15 is 0 Å². The Labute approximate surface area is 255 Å². The van der Waals surface area contributed by atoms with Crippen LogP contribution in [0.3, 0.4) is 0 Å². The number of anilines is 3. The van der Waals surface area contributed by atoms with Crippen molar-refractivity contribution in [2.45, 2.75) is 19.1 Å². The molecule has 1 aromatic heterocycles. The highest BCUT2D eigenvalue weighted by molar-refractivity contribution is 6.04. The predicted octanol–water partition coefficient (Wildman–Crippen LogP) is 6.36. The number of furan rings is 1. The van der Waals surface area contributed by atoms with E-state index in [-0.39, 0.29) is 35.2 Å². The minimum atomic E-state index is -4.50. The van der Waals surface area contributed by atoms with Crippen molar-refractivity contribution in [3.05, 3.63) is 113 Å². The third-order valence-electron chi connectivity index (χ3n) is 7.19. The maximum atomic E-state index is 13.5. The lowest BCUT2D eigenvalue weighted by Gasteiger charge is -2.26. The van der Waals surface area contributed by atoms with E-state index in [0.717, 1.165) is 24.3 Å². The van der Waals surface area contributed by atoms with Crippen molar-refractivity contribution in [3.8, 4) is 0 Å². The van der Waals surface area contributed by atoms with Gasteiger partial charge in [0.15, 0.2) is 5.76 Å². The smallest absolute Gasteiger partial charge is 0.416 e. The van der Waals surface area contributed by atoms with Crippen LogP contribution in [0.4, 0.5) is 39.4 Å². The van der Waals surface area contributed by atoms with Gasteiger partial charge < -0.3 is 30.2 Å². The predicted molar refractivity (Wildman–Crippen MR) is 160 cm³/mol. The van der Waals surface area contributed by atoms with Crippen molar-refractivity contribution in [3.63, 3.8) is 0 Å². The number of alkyl halides is 3. The summed E-state index contributed by atoms with van der Waals surface area (Å²) in [5, 5.41) is 7.92. The van der Waals surface area contributed by atoms with Gasteiger partial charge in [-0.2, -0.15) is 13.2 Å². The first-order chi connectivity index (χ1) is 21.6. The zero-order valence-corrected chi connectivity index (χ0v) is 23.9. The zero-order valence-electron chi connectivity index (χ0n) is 23.9. The van der Waals surface area contributed by atoms with Crippen molar-refractivity contribution in [1.29, 1.82) is 0 Å². The molecule has 1 fully saturated rings. The number of carbonyl (C=O) groups is 3. The van der Waals surface area contributed by atoms with Gasteiger partial charge in [0.2, 0.25) is 0 Å². The second kappa shape index (κ2) is 13.5. The normalized spacial score (nSPS) is 13.6. The van der Waals surface area contributed by atoms with Crippen LogP contribution >= 0.6 is 0 Å². The molecule has 0 saturated carbocycles. The van der Waals surface area contributed by atoms with Crippen molar-refractivity contribution >= 4 is 34.9 Å². The van der Waals surface area contributed by atoms with Gasteiger partial charge in [-0.15, -0.1) is 0 Å². The Balaban J connectivity index is 1.33. The van der Waals surface area contributed by atoms with E-state index in [0.29, 0.717) is 43.9 Å². The molecule has 4 amide bonds. The zero-order chi connectivity index (χ0) is 32.0. The number of urea groups is 1. The molecule has 3 N–H and O–H groups in total. The summed E-state index contributed by atoms with van der Waals surface area (Å²) in [6, 6.07) is 17.0. The Morgan fingerprint density at radius 3 is 2.22 bits per heavy atom. The van der Waals surface area contributed by atoms with Crippen LogP contribution in [0, 0.1) is 5.82 Å². The van der Waals surface area contributed by atoms with Gasteiger partial charge in [-0.1, -0.05) is 12.1 Å². The van der Waals surface area contributed by atoms with E-state index in [9.17, 15) is 31.9 Å². The van der Waals surface area contributed by atoms with Crippen molar-refractivity contribution in [2.24, 2.45) is 0 Å². The van der Waals surface area contributed by atoms with Gasteiger partial charge in [0.05, 0.1) is 17.4 Å². The second-order valence-corrected chi connectivity index (χ2v) is 10.3. The summed E-state index contributed by atoms with van der Waals surface area (Å²) in [4.78, 5) is 42.7. The number of halogens is 4. The maximum absolute atomic E-state index is 13.5. The van der Waals surface area contributed by atoms with Gasteiger partial charge in [-0.25, -0.2) is 9.18 Å². The molecule has 1 saturated heterocycles. The summed E-state index contributed by atoms with van der Waals surface area (Å²) in [6.45, 7) is 1.96. The van der Waals surface area contributed by atoms with Crippen LogP contribution < -0.4 is 20.9 Å². The number of rotatable bonds is 7. The van der Waals surface area contributed by atoms with Gasteiger partial charge >= 0.3 is 12.2 Å². The van der Waals surface area contributed by atoms with E-state index in [1.165, 1.54) is 24.5 Å². The molecule has 5 rings (SSSR count).